The Bertz CT molecular complexity index is 1270. The SMILES string of the molecule is Cc1cnc2nc1Nc1ccc(NC(=O)Nc3nccs3)c(c1)CCc1cccc(c1)N2. The normalized spacial score (nSPS) is 12.3. The molecule has 160 valence electrons. The van der Waals surface area contributed by atoms with E-state index in [0.717, 1.165) is 46.8 Å². The summed E-state index contributed by atoms with van der Waals surface area (Å²) in [5, 5.41) is 14.8. The van der Waals surface area contributed by atoms with Crippen molar-refractivity contribution in [1.29, 1.82) is 0 Å². The molecule has 4 N–H and O–H groups in total. The highest BCUT2D eigenvalue weighted by molar-refractivity contribution is 7.13. The molecule has 0 saturated carbocycles. The van der Waals surface area contributed by atoms with Gasteiger partial charge in [-0.1, -0.05) is 12.1 Å². The second-order valence-electron chi connectivity index (χ2n) is 7.46. The van der Waals surface area contributed by atoms with Crippen molar-refractivity contribution in [3.63, 3.8) is 0 Å². The molecule has 2 amide bonds. The first-order valence-electron chi connectivity index (χ1n) is 10.2. The predicted octanol–water partition coefficient (Wildman–Crippen LogP) is 5.47. The fourth-order valence-corrected chi connectivity index (χ4v) is 4.04. The van der Waals surface area contributed by atoms with Crippen molar-refractivity contribution >= 4 is 51.3 Å². The van der Waals surface area contributed by atoms with Crippen LogP contribution in [0.4, 0.5) is 38.8 Å². The van der Waals surface area contributed by atoms with Gasteiger partial charge in [0.1, 0.15) is 5.82 Å². The van der Waals surface area contributed by atoms with Gasteiger partial charge in [0, 0.05) is 40.4 Å². The van der Waals surface area contributed by atoms with Crippen LogP contribution in [0.3, 0.4) is 0 Å². The van der Waals surface area contributed by atoms with Crippen molar-refractivity contribution in [2.24, 2.45) is 0 Å². The summed E-state index contributed by atoms with van der Waals surface area (Å²) in [7, 11) is 0. The minimum Gasteiger partial charge on any atom is -0.340 e. The smallest absolute Gasteiger partial charge is 0.325 e. The van der Waals surface area contributed by atoms with Crippen molar-refractivity contribution in [1.82, 2.24) is 15.0 Å². The van der Waals surface area contributed by atoms with E-state index in [1.807, 2.05) is 36.6 Å². The van der Waals surface area contributed by atoms with Gasteiger partial charge in [-0.3, -0.25) is 5.32 Å². The van der Waals surface area contributed by atoms with Crippen LogP contribution in [-0.4, -0.2) is 21.0 Å². The number of thiazole rings is 1. The van der Waals surface area contributed by atoms with Gasteiger partial charge >= 0.3 is 6.03 Å². The molecule has 5 rings (SSSR count). The maximum absolute atomic E-state index is 12.5. The third-order valence-corrected chi connectivity index (χ3v) is 5.80. The molecule has 0 unspecified atom stereocenters. The molecule has 2 aromatic heterocycles. The first kappa shape index (κ1) is 20.0. The highest BCUT2D eigenvalue weighted by Crippen LogP contribution is 2.28. The van der Waals surface area contributed by atoms with Gasteiger partial charge < -0.3 is 16.0 Å². The second kappa shape index (κ2) is 8.64. The van der Waals surface area contributed by atoms with Crippen LogP contribution in [0.2, 0.25) is 0 Å². The number of hydrogen-bond donors (Lipinski definition) is 4. The van der Waals surface area contributed by atoms with Crippen molar-refractivity contribution in [3.8, 4) is 0 Å². The Morgan fingerprint density at radius 3 is 2.81 bits per heavy atom. The van der Waals surface area contributed by atoms with E-state index in [9.17, 15) is 4.79 Å². The van der Waals surface area contributed by atoms with E-state index in [2.05, 4.69) is 54.4 Å². The van der Waals surface area contributed by atoms with Gasteiger partial charge in [0.25, 0.3) is 0 Å². The Morgan fingerprint density at radius 1 is 1.03 bits per heavy atom. The van der Waals surface area contributed by atoms with Gasteiger partial charge in [-0.2, -0.15) is 4.98 Å². The fraction of sp³-hybridized carbons (Fsp3) is 0.130. The first-order valence-corrected chi connectivity index (χ1v) is 11.1. The molecule has 9 heteroatoms. The molecule has 8 nitrogen and oxygen atoms in total. The van der Waals surface area contributed by atoms with Crippen LogP contribution in [0.5, 0.6) is 0 Å². The molecule has 0 spiro atoms. The quantitative estimate of drug-likeness (QED) is 0.327. The highest BCUT2D eigenvalue weighted by atomic mass is 32.1. The van der Waals surface area contributed by atoms with Crippen LogP contribution in [0.15, 0.2) is 60.2 Å². The average Bonchev–Trinajstić information content (AvgIpc) is 3.29. The number of rotatable bonds is 2. The zero-order chi connectivity index (χ0) is 21.9. The van der Waals surface area contributed by atoms with Crippen LogP contribution in [0.25, 0.3) is 0 Å². The summed E-state index contributed by atoms with van der Waals surface area (Å²) in [4.78, 5) is 25.6. The minimum atomic E-state index is -0.317. The number of nitrogens with one attached hydrogen (secondary N) is 4. The number of carbonyl (C=O) groups excluding carboxylic acids is 1. The van der Waals surface area contributed by atoms with Crippen molar-refractivity contribution in [2.75, 3.05) is 21.3 Å². The lowest BCUT2D eigenvalue weighted by Gasteiger charge is -2.15. The summed E-state index contributed by atoms with van der Waals surface area (Å²) in [6.07, 6.45) is 5.02. The number of aromatic nitrogens is 3. The second-order valence-corrected chi connectivity index (χ2v) is 8.36. The van der Waals surface area contributed by atoms with Crippen LogP contribution < -0.4 is 21.3 Å². The molecular weight excluding hydrogens is 422 g/mol. The maximum Gasteiger partial charge on any atom is 0.325 e. The predicted molar refractivity (Wildman–Crippen MR) is 128 cm³/mol. The van der Waals surface area contributed by atoms with Crippen LogP contribution in [0, 0.1) is 6.92 Å². The van der Waals surface area contributed by atoms with Gasteiger partial charge in [0.15, 0.2) is 5.13 Å². The molecule has 0 aliphatic carbocycles. The van der Waals surface area contributed by atoms with Crippen molar-refractivity contribution in [2.45, 2.75) is 19.8 Å². The maximum atomic E-state index is 12.5. The number of urea groups is 1. The van der Waals surface area contributed by atoms with E-state index in [1.54, 1.807) is 12.4 Å². The van der Waals surface area contributed by atoms with E-state index < -0.39 is 0 Å². The van der Waals surface area contributed by atoms with E-state index >= 15 is 0 Å². The summed E-state index contributed by atoms with van der Waals surface area (Å²) >= 11 is 1.37. The average molecular weight is 444 g/mol. The van der Waals surface area contributed by atoms with Gasteiger partial charge in [0.05, 0.1) is 0 Å². The first-order chi connectivity index (χ1) is 15.6. The van der Waals surface area contributed by atoms with Gasteiger partial charge in [-0.15, -0.1) is 11.3 Å². The molecule has 1 aliphatic rings. The Morgan fingerprint density at radius 2 is 1.94 bits per heavy atom. The number of amides is 2. The molecule has 4 aromatic rings. The molecular formula is C23H21N7OS. The lowest BCUT2D eigenvalue weighted by atomic mass is 10.0. The topological polar surface area (TPSA) is 104 Å². The number of hydrogen-bond acceptors (Lipinski definition) is 7. The van der Waals surface area contributed by atoms with E-state index in [4.69, 9.17) is 0 Å². The number of fused-ring (bicyclic) bond motifs is 6. The van der Waals surface area contributed by atoms with E-state index in [1.165, 1.54) is 16.9 Å². The standard InChI is InChI=1S/C23H21N7OS/c1-14-13-25-21-27-17-4-2-3-15(11-17)5-6-16-12-18(26-20(14)29-21)7-8-19(16)28-22(31)30-23-24-9-10-32-23/h2-4,7-13H,5-6H2,1H3,(H2,24,28,30,31)(H2,25,26,27,29). The summed E-state index contributed by atoms with van der Waals surface area (Å²) in [6.45, 7) is 1.96. The number of nitrogens with zero attached hydrogens (tertiary/aromatic N) is 3. The molecule has 32 heavy (non-hydrogen) atoms. The Kier molecular flexibility index (Phi) is 5.39. The molecule has 2 aromatic carbocycles. The number of carbonyl (C=O) groups is 1. The van der Waals surface area contributed by atoms with E-state index in [-0.39, 0.29) is 6.03 Å². The molecule has 1 aliphatic heterocycles. The Balaban J connectivity index is 1.49. The lowest BCUT2D eigenvalue weighted by molar-refractivity contribution is 0.262. The van der Waals surface area contributed by atoms with Gasteiger partial charge in [0.2, 0.25) is 5.95 Å². The molecule has 6 bridgehead atoms. The fourth-order valence-electron chi connectivity index (χ4n) is 3.51. The molecule has 0 fully saturated rings. The minimum absolute atomic E-state index is 0.317. The highest BCUT2D eigenvalue weighted by Gasteiger charge is 2.12. The summed E-state index contributed by atoms with van der Waals surface area (Å²) in [5.74, 6) is 1.26. The molecule has 0 atom stereocenters. The van der Waals surface area contributed by atoms with Crippen molar-refractivity contribution < 1.29 is 4.79 Å². The summed E-state index contributed by atoms with van der Waals surface area (Å²) < 4.78 is 0. The summed E-state index contributed by atoms with van der Waals surface area (Å²) in [6, 6.07) is 13.8. The molecule has 3 heterocycles. The monoisotopic (exact) mass is 443 g/mol. The molecule has 0 saturated heterocycles. The van der Waals surface area contributed by atoms with Crippen molar-refractivity contribution in [3.05, 3.63) is 76.9 Å². The van der Waals surface area contributed by atoms with Crippen LogP contribution in [-0.2, 0) is 12.8 Å². The number of benzene rings is 2. The number of anilines is 6. The van der Waals surface area contributed by atoms with Crippen LogP contribution in [0.1, 0.15) is 16.7 Å². The lowest BCUT2D eigenvalue weighted by Crippen LogP contribution is -2.20. The third kappa shape index (κ3) is 4.52. The zero-order valence-electron chi connectivity index (χ0n) is 17.3. The Hall–Kier alpha value is -3.98. The molecule has 0 radical (unpaired) electrons. The third-order valence-electron chi connectivity index (χ3n) is 5.11. The van der Waals surface area contributed by atoms with Gasteiger partial charge in [-0.25, -0.2) is 14.8 Å². The summed E-state index contributed by atoms with van der Waals surface area (Å²) in [5.41, 5.74) is 5.72. The zero-order valence-corrected chi connectivity index (χ0v) is 18.2. The van der Waals surface area contributed by atoms with E-state index in [0.29, 0.717) is 11.1 Å². The van der Waals surface area contributed by atoms with Gasteiger partial charge in [-0.05, 0) is 61.2 Å². The van der Waals surface area contributed by atoms with Crippen LogP contribution >= 0.6 is 11.3 Å². The largest absolute Gasteiger partial charge is 0.340 e. The number of aryl methyl sites for hydroxylation is 3. The Labute approximate surface area is 189 Å².